The first-order valence-corrected chi connectivity index (χ1v) is 5.75. The van der Waals surface area contributed by atoms with E-state index in [0.29, 0.717) is 25.6 Å². The molecule has 0 unspecified atom stereocenters. The van der Waals surface area contributed by atoms with Gasteiger partial charge < -0.3 is 14.6 Å². The van der Waals surface area contributed by atoms with E-state index in [-0.39, 0.29) is 6.42 Å². The molecule has 1 aromatic rings. The number of aromatic nitrogens is 2. The van der Waals surface area contributed by atoms with E-state index in [9.17, 15) is 13.2 Å². The number of aryl methyl sites for hydroxylation is 2. The van der Waals surface area contributed by atoms with E-state index in [1.807, 2.05) is 6.92 Å². The number of nitrogens with zero attached hydrogens (tertiary/aromatic N) is 2. The van der Waals surface area contributed by atoms with Crippen LogP contribution in [-0.2, 0) is 11.3 Å². The zero-order chi connectivity index (χ0) is 13.6. The average molecular weight is 265 g/mol. The van der Waals surface area contributed by atoms with Crippen LogP contribution in [0.5, 0.6) is 0 Å². The minimum absolute atomic E-state index is 0.0538. The van der Waals surface area contributed by atoms with Crippen molar-refractivity contribution in [3.63, 3.8) is 0 Å². The van der Waals surface area contributed by atoms with Crippen molar-refractivity contribution in [1.29, 1.82) is 0 Å². The van der Waals surface area contributed by atoms with Crippen LogP contribution in [0.1, 0.15) is 18.5 Å². The van der Waals surface area contributed by atoms with E-state index in [0.717, 1.165) is 5.69 Å². The molecule has 1 rings (SSSR count). The highest BCUT2D eigenvalue weighted by atomic mass is 19.4. The Morgan fingerprint density at radius 1 is 1.44 bits per heavy atom. The van der Waals surface area contributed by atoms with Crippen LogP contribution in [0.3, 0.4) is 0 Å². The molecule has 0 aliphatic heterocycles. The molecule has 0 aliphatic rings. The van der Waals surface area contributed by atoms with Gasteiger partial charge in [0.2, 0.25) is 5.95 Å². The summed E-state index contributed by atoms with van der Waals surface area (Å²) in [6, 6.07) is 0. The molecule has 0 bridgehead atoms. The van der Waals surface area contributed by atoms with Crippen LogP contribution >= 0.6 is 0 Å². The molecular formula is C11H18F3N3O. The van der Waals surface area contributed by atoms with Gasteiger partial charge in [0, 0.05) is 32.8 Å². The Balaban J connectivity index is 2.48. The Labute approximate surface area is 104 Å². The van der Waals surface area contributed by atoms with Gasteiger partial charge in [0.05, 0.1) is 12.3 Å². The fourth-order valence-electron chi connectivity index (χ4n) is 1.57. The molecule has 4 nitrogen and oxygen atoms in total. The SMILES string of the molecule is COCCNc1nc(C)cn1CCCC(F)(F)F. The Hall–Kier alpha value is -1.24. The lowest BCUT2D eigenvalue weighted by Gasteiger charge is -2.10. The van der Waals surface area contributed by atoms with Gasteiger partial charge in [0.1, 0.15) is 0 Å². The molecule has 0 aromatic carbocycles. The van der Waals surface area contributed by atoms with Crippen LogP contribution in [-0.4, -0.2) is 36.0 Å². The van der Waals surface area contributed by atoms with Crippen LogP contribution in [0.4, 0.5) is 19.1 Å². The van der Waals surface area contributed by atoms with E-state index in [1.165, 1.54) is 0 Å². The van der Waals surface area contributed by atoms with E-state index < -0.39 is 12.6 Å². The second kappa shape index (κ2) is 6.63. The van der Waals surface area contributed by atoms with Crippen molar-refractivity contribution >= 4 is 5.95 Å². The Morgan fingerprint density at radius 3 is 2.78 bits per heavy atom. The minimum Gasteiger partial charge on any atom is -0.383 e. The lowest BCUT2D eigenvalue weighted by Crippen LogP contribution is -2.14. The van der Waals surface area contributed by atoms with Crippen molar-refractivity contribution < 1.29 is 17.9 Å². The van der Waals surface area contributed by atoms with Crippen LogP contribution in [0.25, 0.3) is 0 Å². The number of imidazole rings is 1. The molecule has 0 radical (unpaired) electrons. The Bertz CT molecular complexity index is 363. The summed E-state index contributed by atoms with van der Waals surface area (Å²) in [6.45, 7) is 3.21. The third kappa shape index (κ3) is 5.39. The van der Waals surface area contributed by atoms with Crippen LogP contribution < -0.4 is 5.32 Å². The number of hydrogen-bond acceptors (Lipinski definition) is 3. The monoisotopic (exact) mass is 265 g/mol. The number of alkyl halides is 3. The maximum absolute atomic E-state index is 12.1. The molecule has 1 N–H and O–H groups in total. The summed E-state index contributed by atoms with van der Waals surface area (Å²) in [7, 11) is 1.59. The van der Waals surface area contributed by atoms with E-state index in [2.05, 4.69) is 10.3 Å². The summed E-state index contributed by atoms with van der Waals surface area (Å²) in [5.74, 6) is 0.590. The van der Waals surface area contributed by atoms with Crippen molar-refractivity contribution in [3.8, 4) is 0 Å². The smallest absolute Gasteiger partial charge is 0.383 e. The molecule has 0 spiro atoms. The first-order valence-electron chi connectivity index (χ1n) is 5.75. The molecule has 0 saturated carbocycles. The molecule has 1 aromatic heterocycles. The van der Waals surface area contributed by atoms with Crippen molar-refractivity contribution in [2.24, 2.45) is 0 Å². The zero-order valence-corrected chi connectivity index (χ0v) is 10.5. The van der Waals surface area contributed by atoms with Gasteiger partial charge in [-0.05, 0) is 13.3 Å². The van der Waals surface area contributed by atoms with E-state index in [4.69, 9.17) is 4.74 Å². The van der Waals surface area contributed by atoms with Crippen molar-refractivity contribution in [2.75, 3.05) is 25.6 Å². The molecular weight excluding hydrogens is 247 g/mol. The van der Waals surface area contributed by atoms with Gasteiger partial charge in [-0.25, -0.2) is 4.98 Å². The minimum atomic E-state index is -4.10. The number of halogens is 3. The van der Waals surface area contributed by atoms with E-state index >= 15 is 0 Å². The molecule has 0 saturated heterocycles. The highest BCUT2D eigenvalue weighted by Crippen LogP contribution is 2.22. The number of nitrogens with one attached hydrogen (secondary N) is 1. The number of ether oxygens (including phenoxy) is 1. The van der Waals surface area contributed by atoms with Crippen molar-refractivity contribution in [3.05, 3.63) is 11.9 Å². The Morgan fingerprint density at radius 2 is 2.17 bits per heavy atom. The van der Waals surface area contributed by atoms with Crippen LogP contribution in [0.2, 0.25) is 0 Å². The predicted octanol–water partition coefficient (Wildman–Crippen LogP) is 2.59. The molecule has 1 heterocycles. The van der Waals surface area contributed by atoms with Gasteiger partial charge in [0.15, 0.2) is 0 Å². The fraction of sp³-hybridized carbons (Fsp3) is 0.727. The van der Waals surface area contributed by atoms with Gasteiger partial charge >= 0.3 is 6.18 Å². The first kappa shape index (κ1) is 14.8. The largest absolute Gasteiger partial charge is 0.389 e. The summed E-state index contributed by atoms with van der Waals surface area (Å²) in [5, 5.41) is 3.03. The summed E-state index contributed by atoms with van der Waals surface area (Å²) >= 11 is 0. The average Bonchev–Trinajstić information content (AvgIpc) is 2.58. The number of hydrogen-bond donors (Lipinski definition) is 1. The zero-order valence-electron chi connectivity index (χ0n) is 10.5. The Kier molecular flexibility index (Phi) is 5.46. The second-order valence-electron chi connectivity index (χ2n) is 4.04. The lowest BCUT2D eigenvalue weighted by molar-refractivity contribution is -0.135. The van der Waals surface area contributed by atoms with Gasteiger partial charge in [-0.1, -0.05) is 0 Å². The van der Waals surface area contributed by atoms with Gasteiger partial charge in [-0.3, -0.25) is 0 Å². The standard InChI is InChI=1S/C11H18F3N3O/c1-9-8-17(6-3-4-11(12,13)14)10(16-9)15-5-7-18-2/h8H,3-7H2,1-2H3,(H,15,16). The van der Waals surface area contributed by atoms with Gasteiger partial charge in [-0.2, -0.15) is 13.2 Å². The summed E-state index contributed by atoms with van der Waals surface area (Å²) in [4.78, 5) is 4.21. The first-order chi connectivity index (χ1) is 8.42. The predicted molar refractivity (Wildman–Crippen MR) is 62.6 cm³/mol. The summed E-state index contributed by atoms with van der Waals surface area (Å²) < 4.78 is 42.8. The maximum Gasteiger partial charge on any atom is 0.389 e. The molecule has 0 fully saturated rings. The molecule has 0 amide bonds. The number of methoxy groups -OCH3 is 1. The quantitative estimate of drug-likeness (QED) is 0.770. The highest BCUT2D eigenvalue weighted by molar-refractivity contribution is 5.28. The van der Waals surface area contributed by atoms with Crippen molar-refractivity contribution in [2.45, 2.75) is 32.5 Å². The summed E-state index contributed by atoms with van der Waals surface area (Å²) in [5.41, 5.74) is 0.780. The molecule has 104 valence electrons. The van der Waals surface area contributed by atoms with Crippen LogP contribution in [0.15, 0.2) is 6.20 Å². The van der Waals surface area contributed by atoms with E-state index in [1.54, 1.807) is 17.9 Å². The lowest BCUT2D eigenvalue weighted by atomic mass is 10.3. The van der Waals surface area contributed by atoms with Crippen LogP contribution in [0, 0.1) is 6.92 Å². The number of anilines is 1. The topological polar surface area (TPSA) is 39.1 Å². The van der Waals surface area contributed by atoms with Crippen molar-refractivity contribution in [1.82, 2.24) is 9.55 Å². The highest BCUT2D eigenvalue weighted by Gasteiger charge is 2.26. The number of rotatable bonds is 7. The molecule has 0 aliphatic carbocycles. The van der Waals surface area contributed by atoms with Gasteiger partial charge in [0.25, 0.3) is 0 Å². The molecule has 18 heavy (non-hydrogen) atoms. The fourth-order valence-corrected chi connectivity index (χ4v) is 1.57. The molecule has 7 heteroatoms. The van der Waals surface area contributed by atoms with Gasteiger partial charge in [-0.15, -0.1) is 0 Å². The third-order valence-corrected chi connectivity index (χ3v) is 2.35. The normalized spacial score (nSPS) is 11.8. The maximum atomic E-state index is 12.1. The second-order valence-corrected chi connectivity index (χ2v) is 4.04. The summed E-state index contributed by atoms with van der Waals surface area (Å²) in [6.07, 6.45) is -3.08. The molecule has 0 atom stereocenters. The third-order valence-electron chi connectivity index (χ3n) is 2.35.